The molecule has 2 aromatic rings. The van der Waals surface area contributed by atoms with Crippen molar-refractivity contribution in [3.63, 3.8) is 0 Å². The fourth-order valence-electron chi connectivity index (χ4n) is 2.70. The first kappa shape index (κ1) is 16.3. The molecule has 1 unspecified atom stereocenters. The Balaban J connectivity index is 2.35. The van der Waals surface area contributed by atoms with E-state index in [1.165, 1.54) is 27.1 Å². The van der Waals surface area contributed by atoms with Crippen molar-refractivity contribution >= 4 is 11.3 Å². The summed E-state index contributed by atoms with van der Waals surface area (Å²) in [5.74, 6) is 0.407. The largest absolute Gasteiger partial charge is 0.330 e. The highest BCUT2D eigenvalue weighted by Gasteiger charge is 2.19. The van der Waals surface area contributed by atoms with Crippen molar-refractivity contribution in [2.45, 2.75) is 52.4 Å². The molecular weight excluding hydrogens is 274 g/mol. The SMILES string of the molecule is Cc1ccc(C(C)(C)C)cc1C(CN)Cc1sccc1C. The highest BCUT2D eigenvalue weighted by atomic mass is 32.1. The molecule has 1 atom stereocenters. The van der Waals surface area contributed by atoms with Crippen LogP contribution in [-0.2, 0) is 11.8 Å². The first-order chi connectivity index (χ1) is 9.82. The Morgan fingerprint density at radius 1 is 1.10 bits per heavy atom. The van der Waals surface area contributed by atoms with Crippen molar-refractivity contribution in [3.05, 3.63) is 56.8 Å². The first-order valence-corrected chi connectivity index (χ1v) is 8.55. The van der Waals surface area contributed by atoms with Gasteiger partial charge in [0.15, 0.2) is 0 Å². The molecule has 2 rings (SSSR count). The smallest absolute Gasteiger partial charge is 0.00809 e. The normalized spacial score (nSPS) is 13.4. The fourth-order valence-corrected chi connectivity index (χ4v) is 3.69. The van der Waals surface area contributed by atoms with Crippen molar-refractivity contribution in [1.82, 2.24) is 0 Å². The van der Waals surface area contributed by atoms with E-state index in [1.54, 1.807) is 0 Å². The lowest BCUT2D eigenvalue weighted by molar-refractivity contribution is 0.586. The molecule has 114 valence electrons. The van der Waals surface area contributed by atoms with Crippen LogP contribution < -0.4 is 5.73 Å². The first-order valence-electron chi connectivity index (χ1n) is 7.67. The van der Waals surface area contributed by atoms with Crippen LogP contribution in [-0.4, -0.2) is 6.54 Å². The average Bonchev–Trinajstić information content (AvgIpc) is 2.81. The van der Waals surface area contributed by atoms with E-state index < -0.39 is 0 Å². The second-order valence-electron chi connectivity index (χ2n) is 6.98. The summed E-state index contributed by atoms with van der Waals surface area (Å²) < 4.78 is 0. The maximum Gasteiger partial charge on any atom is 0.00809 e. The van der Waals surface area contributed by atoms with E-state index in [-0.39, 0.29) is 5.41 Å². The van der Waals surface area contributed by atoms with Gasteiger partial charge in [-0.3, -0.25) is 0 Å². The number of hydrogen-bond donors (Lipinski definition) is 1. The van der Waals surface area contributed by atoms with Gasteiger partial charge in [-0.2, -0.15) is 0 Å². The minimum atomic E-state index is 0.181. The minimum absolute atomic E-state index is 0.181. The summed E-state index contributed by atoms with van der Waals surface area (Å²) in [4.78, 5) is 1.46. The second-order valence-corrected chi connectivity index (χ2v) is 7.99. The molecule has 2 N–H and O–H groups in total. The standard InChI is InChI=1S/C19H27NS/c1-13-6-7-16(19(3,4)5)11-17(13)15(12-20)10-18-14(2)8-9-21-18/h6-9,11,15H,10,12,20H2,1-5H3. The molecule has 0 aliphatic carbocycles. The maximum absolute atomic E-state index is 6.10. The quantitative estimate of drug-likeness (QED) is 0.849. The van der Waals surface area contributed by atoms with Gasteiger partial charge in [-0.25, -0.2) is 0 Å². The van der Waals surface area contributed by atoms with E-state index in [9.17, 15) is 0 Å². The molecule has 0 aliphatic heterocycles. The average molecular weight is 301 g/mol. The molecule has 0 spiro atoms. The van der Waals surface area contributed by atoms with Crippen molar-refractivity contribution in [1.29, 1.82) is 0 Å². The predicted molar refractivity (Wildman–Crippen MR) is 94.4 cm³/mol. The van der Waals surface area contributed by atoms with Crippen molar-refractivity contribution in [3.8, 4) is 0 Å². The van der Waals surface area contributed by atoms with Gasteiger partial charge >= 0.3 is 0 Å². The van der Waals surface area contributed by atoms with Crippen LogP contribution in [0, 0.1) is 13.8 Å². The Labute approximate surface area is 133 Å². The lowest BCUT2D eigenvalue weighted by Gasteiger charge is -2.24. The summed E-state index contributed by atoms with van der Waals surface area (Å²) >= 11 is 1.85. The number of aryl methyl sites for hydroxylation is 2. The Morgan fingerprint density at radius 2 is 1.81 bits per heavy atom. The third-order valence-electron chi connectivity index (χ3n) is 4.27. The number of rotatable bonds is 4. The van der Waals surface area contributed by atoms with Crippen LogP contribution in [0.2, 0.25) is 0 Å². The Kier molecular flexibility index (Phi) is 4.90. The number of benzene rings is 1. The van der Waals surface area contributed by atoms with Gasteiger partial charge in [0.25, 0.3) is 0 Å². The molecular formula is C19H27NS. The topological polar surface area (TPSA) is 26.0 Å². The van der Waals surface area contributed by atoms with Gasteiger partial charge in [0.05, 0.1) is 0 Å². The van der Waals surface area contributed by atoms with Crippen molar-refractivity contribution < 1.29 is 0 Å². The molecule has 1 aromatic heterocycles. The third-order valence-corrected chi connectivity index (χ3v) is 5.31. The van der Waals surface area contributed by atoms with Crippen molar-refractivity contribution in [2.75, 3.05) is 6.54 Å². The number of hydrogen-bond acceptors (Lipinski definition) is 2. The molecule has 21 heavy (non-hydrogen) atoms. The van der Waals surface area contributed by atoms with Crippen LogP contribution in [0.15, 0.2) is 29.6 Å². The molecule has 0 aliphatic rings. The van der Waals surface area contributed by atoms with Crippen LogP contribution >= 0.6 is 11.3 Å². The zero-order valence-electron chi connectivity index (χ0n) is 13.9. The lowest BCUT2D eigenvalue weighted by Crippen LogP contribution is -2.18. The van der Waals surface area contributed by atoms with Crippen LogP contribution in [0.25, 0.3) is 0 Å². The molecule has 1 heterocycles. The summed E-state index contributed by atoms with van der Waals surface area (Å²) in [6, 6.07) is 9.07. The molecule has 2 heteroatoms. The van der Waals surface area contributed by atoms with E-state index >= 15 is 0 Å². The molecule has 0 fully saturated rings. The Hall–Kier alpha value is -1.12. The van der Waals surface area contributed by atoms with Gasteiger partial charge in [-0.1, -0.05) is 39.0 Å². The lowest BCUT2D eigenvalue weighted by atomic mass is 9.82. The van der Waals surface area contributed by atoms with Crippen LogP contribution in [0.5, 0.6) is 0 Å². The second kappa shape index (κ2) is 6.33. The molecule has 0 amide bonds. The highest BCUT2D eigenvalue weighted by Crippen LogP contribution is 2.31. The Morgan fingerprint density at radius 3 is 2.33 bits per heavy atom. The van der Waals surface area contributed by atoms with E-state index in [1.807, 2.05) is 11.3 Å². The summed E-state index contributed by atoms with van der Waals surface area (Å²) in [6.45, 7) is 11.9. The molecule has 0 saturated heterocycles. The molecule has 1 nitrogen and oxygen atoms in total. The van der Waals surface area contributed by atoms with Gasteiger partial charge in [-0.05, 0) is 65.9 Å². The molecule has 0 saturated carbocycles. The molecule has 1 aromatic carbocycles. The Bertz CT molecular complexity index is 604. The highest BCUT2D eigenvalue weighted by molar-refractivity contribution is 7.10. The maximum atomic E-state index is 6.10. The summed E-state index contributed by atoms with van der Waals surface area (Å²) in [5.41, 5.74) is 11.8. The summed E-state index contributed by atoms with van der Waals surface area (Å²) in [7, 11) is 0. The minimum Gasteiger partial charge on any atom is -0.330 e. The molecule has 0 bridgehead atoms. The monoisotopic (exact) mass is 301 g/mol. The number of nitrogens with two attached hydrogens (primary N) is 1. The van der Waals surface area contributed by atoms with E-state index in [4.69, 9.17) is 5.73 Å². The zero-order valence-corrected chi connectivity index (χ0v) is 14.7. The third kappa shape index (κ3) is 3.75. The molecule has 0 radical (unpaired) electrons. The van der Waals surface area contributed by atoms with Gasteiger partial charge in [-0.15, -0.1) is 11.3 Å². The van der Waals surface area contributed by atoms with Gasteiger partial charge < -0.3 is 5.73 Å². The van der Waals surface area contributed by atoms with Crippen LogP contribution in [0.4, 0.5) is 0 Å². The number of thiophene rings is 1. The summed E-state index contributed by atoms with van der Waals surface area (Å²) in [6.07, 6.45) is 1.05. The zero-order chi connectivity index (χ0) is 15.6. The summed E-state index contributed by atoms with van der Waals surface area (Å²) in [5, 5.41) is 2.18. The van der Waals surface area contributed by atoms with E-state index in [0.717, 1.165) is 6.42 Å². The van der Waals surface area contributed by atoms with Gasteiger partial charge in [0.2, 0.25) is 0 Å². The van der Waals surface area contributed by atoms with Crippen LogP contribution in [0.3, 0.4) is 0 Å². The van der Waals surface area contributed by atoms with E-state index in [2.05, 4.69) is 64.3 Å². The predicted octanol–water partition coefficient (Wildman–Crippen LogP) is 4.95. The van der Waals surface area contributed by atoms with Crippen LogP contribution in [0.1, 0.15) is 53.8 Å². The van der Waals surface area contributed by atoms with Gasteiger partial charge in [0, 0.05) is 10.8 Å². The fraction of sp³-hybridized carbons (Fsp3) is 0.474. The van der Waals surface area contributed by atoms with Crippen molar-refractivity contribution in [2.24, 2.45) is 5.73 Å². The van der Waals surface area contributed by atoms with Gasteiger partial charge in [0.1, 0.15) is 0 Å². The van der Waals surface area contributed by atoms with E-state index in [0.29, 0.717) is 12.5 Å².